The summed E-state index contributed by atoms with van der Waals surface area (Å²) in [4.78, 5) is 18.0. The van der Waals surface area contributed by atoms with Crippen LogP contribution in [0.4, 0.5) is 0 Å². The summed E-state index contributed by atoms with van der Waals surface area (Å²) >= 11 is 0. The Kier molecular flexibility index (Phi) is 5.51. The van der Waals surface area contributed by atoms with Gasteiger partial charge >= 0.3 is 0 Å². The second-order valence-corrected chi connectivity index (χ2v) is 5.32. The standard InChI is InChI=1S/C17H21N3O3/c1-5-20(10-12(2)3)16(21)11-22-15-8-6-7-14(9-15)17-18-13(4)23-19-17/h6-9H,2,5,10-11H2,1,3-4H3. The van der Waals surface area contributed by atoms with Gasteiger partial charge in [-0.25, -0.2) is 0 Å². The minimum atomic E-state index is -0.0729. The summed E-state index contributed by atoms with van der Waals surface area (Å²) in [6.07, 6.45) is 0. The molecule has 0 unspecified atom stereocenters. The highest BCUT2D eigenvalue weighted by molar-refractivity contribution is 5.78. The van der Waals surface area contributed by atoms with Gasteiger partial charge in [0.05, 0.1) is 0 Å². The summed E-state index contributed by atoms with van der Waals surface area (Å²) in [6.45, 7) is 10.5. The number of ether oxygens (including phenoxy) is 1. The van der Waals surface area contributed by atoms with E-state index in [9.17, 15) is 4.79 Å². The van der Waals surface area contributed by atoms with Crippen LogP contribution >= 0.6 is 0 Å². The van der Waals surface area contributed by atoms with Gasteiger partial charge < -0.3 is 14.2 Å². The fourth-order valence-corrected chi connectivity index (χ4v) is 2.08. The molecule has 0 aliphatic rings. The van der Waals surface area contributed by atoms with E-state index in [0.717, 1.165) is 11.1 Å². The van der Waals surface area contributed by atoms with E-state index in [-0.39, 0.29) is 12.5 Å². The van der Waals surface area contributed by atoms with E-state index in [4.69, 9.17) is 9.26 Å². The van der Waals surface area contributed by atoms with Crippen LogP contribution in [0, 0.1) is 6.92 Å². The van der Waals surface area contributed by atoms with E-state index in [1.54, 1.807) is 24.0 Å². The summed E-state index contributed by atoms with van der Waals surface area (Å²) in [7, 11) is 0. The van der Waals surface area contributed by atoms with Gasteiger partial charge in [0.2, 0.25) is 11.7 Å². The predicted molar refractivity (Wildman–Crippen MR) is 87.0 cm³/mol. The van der Waals surface area contributed by atoms with Crippen molar-refractivity contribution >= 4 is 5.91 Å². The summed E-state index contributed by atoms with van der Waals surface area (Å²) in [6, 6.07) is 7.26. The molecule has 23 heavy (non-hydrogen) atoms. The number of hydrogen-bond donors (Lipinski definition) is 0. The van der Waals surface area contributed by atoms with Crippen molar-refractivity contribution in [3.8, 4) is 17.1 Å². The smallest absolute Gasteiger partial charge is 0.260 e. The molecular formula is C17H21N3O3. The number of nitrogens with zero attached hydrogens (tertiary/aromatic N) is 3. The molecule has 2 rings (SSSR count). The van der Waals surface area contributed by atoms with Crippen molar-refractivity contribution in [2.45, 2.75) is 20.8 Å². The molecule has 0 N–H and O–H groups in total. The van der Waals surface area contributed by atoms with Crippen LogP contribution in [-0.4, -0.2) is 40.6 Å². The highest BCUT2D eigenvalue weighted by atomic mass is 16.5. The summed E-state index contributed by atoms with van der Waals surface area (Å²) in [5, 5.41) is 3.87. The van der Waals surface area contributed by atoms with Crippen molar-refractivity contribution in [2.75, 3.05) is 19.7 Å². The van der Waals surface area contributed by atoms with Gasteiger partial charge in [0.1, 0.15) is 5.75 Å². The van der Waals surface area contributed by atoms with Gasteiger partial charge in [-0.15, -0.1) is 0 Å². The lowest BCUT2D eigenvalue weighted by Gasteiger charge is -2.21. The summed E-state index contributed by atoms with van der Waals surface area (Å²) in [5.74, 6) is 1.51. The molecule has 0 radical (unpaired) electrons. The Labute approximate surface area is 135 Å². The number of rotatable bonds is 7. The third-order valence-electron chi connectivity index (χ3n) is 3.18. The third-order valence-corrected chi connectivity index (χ3v) is 3.18. The molecule has 0 bridgehead atoms. The van der Waals surface area contributed by atoms with Crippen LogP contribution in [0.2, 0.25) is 0 Å². The fraction of sp³-hybridized carbons (Fsp3) is 0.353. The van der Waals surface area contributed by atoms with E-state index >= 15 is 0 Å². The first kappa shape index (κ1) is 16.7. The molecule has 1 heterocycles. The van der Waals surface area contributed by atoms with Crippen molar-refractivity contribution in [3.63, 3.8) is 0 Å². The summed E-state index contributed by atoms with van der Waals surface area (Å²) in [5.41, 5.74) is 1.72. The first-order chi connectivity index (χ1) is 11.0. The largest absolute Gasteiger partial charge is 0.484 e. The van der Waals surface area contributed by atoms with Gasteiger partial charge in [-0.1, -0.05) is 29.4 Å². The second-order valence-electron chi connectivity index (χ2n) is 5.32. The molecule has 0 saturated heterocycles. The molecule has 1 amide bonds. The van der Waals surface area contributed by atoms with Gasteiger partial charge in [0, 0.05) is 25.6 Å². The Balaban J connectivity index is 2.00. The van der Waals surface area contributed by atoms with Crippen LogP contribution in [-0.2, 0) is 4.79 Å². The van der Waals surface area contributed by atoms with Crippen LogP contribution in [0.15, 0.2) is 40.9 Å². The van der Waals surface area contributed by atoms with E-state index in [1.165, 1.54) is 0 Å². The summed E-state index contributed by atoms with van der Waals surface area (Å²) < 4.78 is 10.6. The van der Waals surface area contributed by atoms with Gasteiger partial charge in [-0.05, 0) is 26.0 Å². The number of carbonyl (C=O) groups is 1. The Morgan fingerprint density at radius 2 is 2.22 bits per heavy atom. The number of likely N-dealkylation sites (N-methyl/N-ethyl adjacent to an activating group) is 1. The van der Waals surface area contributed by atoms with Crippen LogP contribution in [0.25, 0.3) is 11.4 Å². The molecule has 122 valence electrons. The van der Waals surface area contributed by atoms with E-state index in [0.29, 0.717) is 30.6 Å². The van der Waals surface area contributed by atoms with E-state index in [1.807, 2.05) is 26.0 Å². The van der Waals surface area contributed by atoms with Crippen molar-refractivity contribution in [1.82, 2.24) is 15.0 Å². The number of aryl methyl sites for hydroxylation is 1. The van der Waals surface area contributed by atoms with Crippen LogP contribution in [0.5, 0.6) is 5.75 Å². The maximum absolute atomic E-state index is 12.2. The van der Waals surface area contributed by atoms with Crippen molar-refractivity contribution in [1.29, 1.82) is 0 Å². The zero-order valence-corrected chi connectivity index (χ0v) is 13.7. The van der Waals surface area contributed by atoms with Gasteiger partial charge in [-0.3, -0.25) is 4.79 Å². The Morgan fingerprint density at radius 1 is 1.43 bits per heavy atom. The maximum atomic E-state index is 12.2. The average Bonchev–Trinajstić information content (AvgIpc) is 2.97. The van der Waals surface area contributed by atoms with Crippen LogP contribution in [0.3, 0.4) is 0 Å². The topological polar surface area (TPSA) is 68.5 Å². The van der Waals surface area contributed by atoms with Gasteiger partial charge in [0.25, 0.3) is 5.91 Å². The molecular weight excluding hydrogens is 294 g/mol. The molecule has 0 saturated carbocycles. The van der Waals surface area contributed by atoms with E-state index in [2.05, 4.69) is 16.7 Å². The maximum Gasteiger partial charge on any atom is 0.260 e. The number of carbonyl (C=O) groups excluding carboxylic acids is 1. The SMILES string of the molecule is C=C(C)CN(CC)C(=O)COc1cccc(-c2noc(C)n2)c1. The fourth-order valence-electron chi connectivity index (χ4n) is 2.08. The average molecular weight is 315 g/mol. The molecule has 1 aromatic heterocycles. The number of hydrogen-bond acceptors (Lipinski definition) is 5. The molecule has 6 nitrogen and oxygen atoms in total. The molecule has 0 aliphatic heterocycles. The molecule has 0 atom stereocenters. The first-order valence-electron chi connectivity index (χ1n) is 7.45. The molecule has 0 spiro atoms. The number of benzene rings is 1. The van der Waals surface area contributed by atoms with Crippen molar-refractivity contribution in [3.05, 3.63) is 42.3 Å². The van der Waals surface area contributed by atoms with Crippen molar-refractivity contribution in [2.24, 2.45) is 0 Å². The van der Waals surface area contributed by atoms with Gasteiger partial charge in [-0.2, -0.15) is 4.98 Å². The number of aromatic nitrogens is 2. The quantitative estimate of drug-likeness (QED) is 0.735. The minimum Gasteiger partial charge on any atom is -0.484 e. The Hall–Kier alpha value is -2.63. The molecule has 6 heteroatoms. The highest BCUT2D eigenvalue weighted by Gasteiger charge is 2.13. The van der Waals surface area contributed by atoms with E-state index < -0.39 is 0 Å². The highest BCUT2D eigenvalue weighted by Crippen LogP contribution is 2.21. The zero-order valence-electron chi connectivity index (χ0n) is 13.7. The Bertz CT molecular complexity index is 694. The second kappa shape index (κ2) is 7.58. The predicted octanol–water partition coefficient (Wildman–Crippen LogP) is 2.85. The lowest BCUT2D eigenvalue weighted by Crippen LogP contribution is -2.35. The number of amides is 1. The van der Waals surface area contributed by atoms with Crippen LogP contribution < -0.4 is 4.74 Å². The van der Waals surface area contributed by atoms with Gasteiger partial charge in [0.15, 0.2) is 6.61 Å². The third kappa shape index (κ3) is 4.67. The zero-order chi connectivity index (χ0) is 16.8. The monoisotopic (exact) mass is 315 g/mol. The normalized spacial score (nSPS) is 10.4. The molecule has 1 aromatic carbocycles. The van der Waals surface area contributed by atoms with Crippen LogP contribution in [0.1, 0.15) is 19.7 Å². The Morgan fingerprint density at radius 3 is 2.83 bits per heavy atom. The minimum absolute atomic E-state index is 0.0180. The van der Waals surface area contributed by atoms with Crippen molar-refractivity contribution < 1.29 is 14.1 Å². The lowest BCUT2D eigenvalue weighted by molar-refractivity contribution is -0.132. The molecule has 0 fully saturated rings. The first-order valence-corrected chi connectivity index (χ1v) is 7.45. The molecule has 2 aromatic rings. The lowest BCUT2D eigenvalue weighted by atomic mass is 10.2. The molecule has 0 aliphatic carbocycles.